The van der Waals surface area contributed by atoms with Crippen LogP contribution in [0.4, 0.5) is 5.69 Å². The number of esters is 1. The second kappa shape index (κ2) is 9.97. The highest BCUT2D eigenvalue weighted by Crippen LogP contribution is 2.18. The van der Waals surface area contributed by atoms with Crippen LogP contribution < -0.4 is 10.1 Å². The first-order valence-corrected chi connectivity index (χ1v) is 10.7. The van der Waals surface area contributed by atoms with Crippen LogP contribution in [-0.2, 0) is 22.6 Å². The Morgan fingerprint density at radius 2 is 1.81 bits per heavy atom. The van der Waals surface area contributed by atoms with E-state index in [0.29, 0.717) is 22.9 Å². The molecular formula is C23H20N4O4S. The quantitative estimate of drug-likeness (QED) is 0.406. The number of anilines is 1. The highest BCUT2D eigenvalue weighted by atomic mass is 32.1. The van der Waals surface area contributed by atoms with Crippen LogP contribution in [0.5, 0.6) is 5.75 Å². The number of methoxy groups -OCH3 is 1. The number of rotatable bonds is 8. The third-order valence-corrected chi connectivity index (χ3v) is 5.50. The van der Waals surface area contributed by atoms with Crippen molar-refractivity contribution in [2.45, 2.75) is 19.4 Å². The predicted octanol–water partition coefficient (Wildman–Crippen LogP) is 4.02. The largest absolute Gasteiger partial charge is 0.497 e. The minimum Gasteiger partial charge on any atom is -0.497 e. The summed E-state index contributed by atoms with van der Waals surface area (Å²) in [6.07, 6.45) is 0.685. The van der Waals surface area contributed by atoms with E-state index in [-0.39, 0.29) is 29.9 Å². The fourth-order valence-corrected chi connectivity index (χ4v) is 3.60. The van der Waals surface area contributed by atoms with Crippen molar-refractivity contribution in [1.29, 1.82) is 0 Å². The number of pyridine rings is 1. The lowest BCUT2D eigenvalue weighted by atomic mass is 10.1. The molecule has 1 N–H and O–H groups in total. The second-order valence-electron chi connectivity index (χ2n) is 6.84. The molecule has 32 heavy (non-hydrogen) atoms. The van der Waals surface area contributed by atoms with E-state index in [1.54, 1.807) is 31.4 Å². The number of carbonyl (C=O) groups excluding carboxylic acids is 2. The summed E-state index contributed by atoms with van der Waals surface area (Å²) in [4.78, 5) is 29.0. The van der Waals surface area contributed by atoms with Gasteiger partial charge in [0.2, 0.25) is 5.01 Å². The average molecular weight is 449 g/mol. The number of aryl methyl sites for hydroxylation is 1. The van der Waals surface area contributed by atoms with E-state index >= 15 is 0 Å². The normalized spacial score (nSPS) is 10.7. The third kappa shape index (κ3) is 5.44. The van der Waals surface area contributed by atoms with Gasteiger partial charge in [-0.15, -0.1) is 10.2 Å². The molecule has 162 valence electrons. The predicted molar refractivity (Wildman–Crippen MR) is 121 cm³/mol. The molecule has 2 heterocycles. The maximum Gasteiger partial charge on any atom is 0.306 e. The number of benzene rings is 2. The first-order valence-electron chi connectivity index (χ1n) is 9.89. The number of carbonyl (C=O) groups is 2. The van der Waals surface area contributed by atoms with Gasteiger partial charge in [-0.05, 0) is 36.4 Å². The molecular weight excluding hydrogens is 428 g/mol. The van der Waals surface area contributed by atoms with Crippen LogP contribution in [0.2, 0.25) is 0 Å². The molecule has 0 radical (unpaired) electrons. The van der Waals surface area contributed by atoms with Gasteiger partial charge in [0.15, 0.2) is 5.01 Å². The molecule has 1 amide bonds. The number of amides is 1. The summed E-state index contributed by atoms with van der Waals surface area (Å²) >= 11 is 1.08. The van der Waals surface area contributed by atoms with Crippen molar-refractivity contribution in [1.82, 2.24) is 15.2 Å². The zero-order valence-electron chi connectivity index (χ0n) is 17.3. The first kappa shape index (κ1) is 21.4. The fourth-order valence-electron chi connectivity index (χ4n) is 2.95. The summed E-state index contributed by atoms with van der Waals surface area (Å²) in [5.74, 6) is -0.0496. The molecule has 8 nitrogen and oxygen atoms in total. The molecule has 0 saturated carbocycles. The van der Waals surface area contributed by atoms with Crippen molar-refractivity contribution in [2.24, 2.45) is 0 Å². The summed E-state index contributed by atoms with van der Waals surface area (Å²) in [7, 11) is 1.57. The minimum atomic E-state index is -0.382. The van der Waals surface area contributed by atoms with Gasteiger partial charge in [0.05, 0.1) is 19.0 Å². The summed E-state index contributed by atoms with van der Waals surface area (Å²) < 4.78 is 10.4. The van der Waals surface area contributed by atoms with Crippen LogP contribution in [0.3, 0.4) is 0 Å². The van der Waals surface area contributed by atoms with E-state index in [9.17, 15) is 9.59 Å². The van der Waals surface area contributed by atoms with Gasteiger partial charge >= 0.3 is 5.97 Å². The topological polar surface area (TPSA) is 103 Å². The van der Waals surface area contributed by atoms with Crippen molar-refractivity contribution in [3.8, 4) is 5.75 Å². The first-order chi connectivity index (χ1) is 15.6. The van der Waals surface area contributed by atoms with E-state index in [4.69, 9.17) is 9.47 Å². The Balaban J connectivity index is 1.25. The number of fused-ring (bicyclic) bond motifs is 1. The Labute approximate surface area is 188 Å². The van der Waals surface area contributed by atoms with E-state index in [1.165, 1.54) is 0 Å². The second-order valence-corrected chi connectivity index (χ2v) is 7.90. The third-order valence-electron chi connectivity index (χ3n) is 4.61. The molecule has 0 aliphatic heterocycles. The van der Waals surface area contributed by atoms with Gasteiger partial charge in [-0.2, -0.15) is 0 Å². The van der Waals surface area contributed by atoms with Crippen LogP contribution >= 0.6 is 11.3 Å². The number of aromatic nitrogens is 3. The molecule has 2 aromatic heterocycles. The van der Waals surface area contributed by atoms with Crippen molar-refractivity contribution in [3.63, 3.8) is 0 Å². The van der Waals surface area contributed by atoms with Crippen molar-refractivity contribution >= 4 is 39.8 Å². The number of ether oxygens (including phenoxy) is 2. The van der Waals surface area contributed by atoms with Crippen molar-refractivity contribution in [3.05, 3.63) is 76.4 Å². The molecule has 0 fully saturated rings. The summed E-state index contributed by atoms with van der Waals surface area (Å²) in [5, 5.41) is 12.2. The van der Waals surface area contributed by atoms with Crippen LogP contribution in [0.25, 0.3) is 10.9 Å². The molecule has 4 aromatic rings. The Hall–Kier alpha value is -3.85. The Kier molecular flexibility index (Phi) is 6.66. The standard InChI is InChI=1S/C23H20N4O4S/c1-30-18-11-8-17(9-12-18)25-22(29)23-27-26-20(32-23)14-31-21(28)13-10-16-7-6-15-4-2-3-5-19(15)24-16/h2-9,11-12H,10,13-14H2,1H3,(H,25,29). The summed E-state index contributed by atoms with van der Waals surface area (Å²) in [5.41, 5.74) is 2.34. The Morgan fingerprint density at radius 3 is 2.62 bits per heavy atom. The highest BCUT2D eigenvalue weighted by molar-refractivity contribution is 7.13. The smallest absolute Gasteiger partial charge is 0.306 e. The molecule has 9 heteroatoms. The maximum absolute atomic E-state index is 12.3. The van der Waals surface area contributed by atoms with Crippen LogP contribution in [-0.4, -0.2) is 34.2 Å². The number of nitrogens with zero attached hydrogens (tertiary/aromatic N) is 3. The van der Waals surface area contributed by atoms with E-state index in [0.717, 1.165) is 27.9 Å². The van der Waals surface area contributed by atoms with Crippen LogP contribution in [0.15, 0.2) is 60.7 Å². The van der Waals surface area contributed by atoms with E-state index in [1.807, 2.05) is 36.4 Å². The SMILES string of the molecule is COc1ccc(NC(=O)c2nnc(COC(=O)CCc3ccc4ccccc4n3)s2)cc1. The van der Waals surface area contributed by atoms with Gasteiger partial charge in [-0.25, -0.2) is 0 Å². The van der Waals surface area contributed by atoms with E-state index in [2.05, 4.69) is 20.5 Å². The molecule has 0 aliphatic rings. The molecule has 0 spiro atoms. The maximum atomic E-state index is 12.3. The zero-order chi connectivity index (χ0) is 22.3. The van der Waals surface area contributed by atoms with Gasteiger partial charge in [-0.3, -0.25) is 14.6 Å². The lowest BCUT2D eigenvalue weighted by Crippen LogP contribution is -2.11. The molecule has 0 saturated heterocycles. The van der Waals surface area contributed by atoms with Gasteiger partial charge in [0.25, 0.3) is 5.91 Å². The van der Waals surface area contributed by atoms with Crippen LogP contribution in [0.1, 0.15) is 26.9 Å². The van der Waals surface area contributed by atoms with Crippen molar-refractivity contribution < 1.29 is 19.1 Å². The fraction of sp³-hybridized carbons (Fsp3) is 0.174. The number of hydrogen-bond donors (Lipinski definition) is 1. The average Bonchev–Trinajstić information content (AvgIpc) is 3.31. The zero-order valence-corrected chi connectivity index (χ0v) is 18.1. The Bertz CT molecular complexity index is 1240. The summed E-state index contributed by atoms with van der Waals surface area (Å²) in [6, 6.07) is 18.7. The summed E-state index contributed by atoms with van der Waals surface area (Å²) in [6.45, 7) is -0.0303. The van der Waals surface area contributed by atoms with Gasteiger partial charge < -0.3 is 14.8 Å². The molecule has 0 aliphatic carbocycles. The van der Waals surface area contributed by atoms with E-state index < -0.39 is 0 Å². The molecule has 0 bridgehead atoms. The lowest BCUT2D eigenvalue weighted by molar-refractivity contribution is -0.144. The van der Waals surface area contributed by atoms with Gasteiger partial charge in [0.1, 0.15) is 12.4 Å². The van der Waals surface area contributed by atoms with Crippen molar-refractivity contribution in [2.75, 3.05) is 12.4 Å². The van der Waals surface area contributed by atoms with Gasteiger partial charge in [0, 0.05) is 23.2 Å². The van der Waals surface area contributed by atoms with Crippen LogP contribution in [0, 0.1) is 0 Å². The molecule has 2 aromatic carbocycles. The Morgan fingerprint density at radius 1 is 1.00 bits per heavy atom. The number of para-hydroxylation sites is 1. The molecule has 0 atom stereocenters. The monoisotopic (exact) mass is 448 g/mol. The highest BCUT2D eigenvalue weighted by Gasteiger charge is 2.15. The number of nitrogens with one attached hydrogen (secondary N) is 1. The molecule has 4 rings (SSSR count). The molecule has 0 unspecified atom stereocenters. The minimum absolute atomic E-state index is 0.0303. The lowest BCUT2D eigenvalue weighted by Gasteiger charge is -2.04. The number of hydrogen-bond acceptors (Lipinski definition) is 8. The van der Waals surface area contributed by atoms with Gasteiger partial charge in [-0.1, -0.05) is 35.6 Å².